The molecule has 1 aliphatic heterocycles. The smallest absolute Gasteiger partial charge is 0.415 e. The van der Waals surface area contributed by atoms with Crippen LogP contribution in [0.4, 0.5) is 16.6 Å². The Balaban J connectivity index is 1.59. The highest BCUT2D eigenvalue weighted by molar-refractivity contribution is 6.29. The number of amides is 1. The van der Waals surface area contributed by atoms with Gasteiger partial charge >= 0.3 is 6.09 Å². The van der Waals surface area contributed by atoms with Crippen molar-refractivity contribution in [2.24, 2.45) is 5.92 Å². The van der Waals surface area contributed by atoms with Crippen molar-refractivity contribution >= 4 is 29.5 Å². The van der Waals surface area contributed by atoms with E-state index in [0.717, 1.165) is 18.4 Å². The number of hydrogen-bond acceptors (Lipinski definition) is 5. The molecule has 130 valence electrons. The second kappa shape index (κ2) is 6.52. The highest BCUT2D eigenvalue weighted by atomic mass is 35.5. The highest BCUT2D eigenvalue weighted by Crippen LogP contribution is 2.40. The predicted molar refractivity (Wildman–Crippen MR) is 95.9 cm³/mol. The zero-order valence-electron chi connectivity index (χ0n) is 13.9. The van der Waals surface area contributed by atoms with Crippen LogP contribution in [-0.4, -0.2) is 28.7 Å². The first-order valence-corrected chi connectivity index (χ1v) is 8.81. The zero-order chi connectivity index (χ0) is 17.4. The van der Waals surface area contributed by atoms with Crippen molar-refractivity contribution in [2.75, 3.05) is 16.8 Å². The average Bonchev–Trinajstić information content (AvgIpc) is 3.37. The van der Waals surface area contributed by atoms with Crippen molar-refractivity contribution in [3.05, 3.63) is 47.1 Å². The molecule has 25 heavy (non-hydrogen) atoms. The Morgan fingerprint density at radius 3 is 2.76 bits per heavy atom. The van der Waals surface area contributed by atoms with Gasteiger partial charge in [0.1, 0.15) is 17.6 Å². The largest absolute Gasteiger partial charge is 0.447 e. The van der Waals surface area contributed by atoms with Gasteiger partial charge in [0, 0.05) is 6.07 Å². The number of aromatic nitrogens is 2. The third kappa shape index (κ3) is 3.39. The molecule has 1 aromatic heterocycles. The van der Waals surface area contributed by atoms with E-state index in [1.807, 2.05) is 37.3 Å². The molecule has 6 nitrogen and oxygen atoms in total. The van der Waals surface area contributed by atoms with Gasteiger partial charge in [-0.2, -0.15) is 4.98 Å². The van der Waals surface area contributed by atoms with Crippen molar-refractivity contribution in [3.63, 3.8) is 0 Å². The van der Waals surface area contributed by atoms with E-state index in [4.69, 9.17) is 16.3 Å². The van der Waals surface area contributed by atoms with Crippen LogP contribution < -0.4 is 10.2 Å². The van der Waals surface area contributed by atoms with Crippen LogP contribution in [-0.2, 0) is 4.74 Å². The Kier molecular flexibility index (Phi) is 4.21. The lowest BCUT2D eigenvalue weighted by atomic mass is 10.1. The Labute approximate surface area is 151 Å². The van der Waals surface area contributed by atoms with Gasteiger partial charge in [0.2, 0.25) is 5.95 Å². The normalized spacial score (nSPS) is 21.1. The van der Waals surface area contributed by atoms with Crippen LogP contribution >= 0.6 is 11.6 Å². The summed E-state index contributed by atoms with van der Waals surface area (Å²) >= 11 is 6.18. The molecular formula is C18H19ClN4O2. The summed E-state index contributed by atoms with van der Waals surface area (Å²) in [4.78, 5) is 22.5. The van der Waals surface area contributed by atoms with Crippen molar-refractivity contribution in [2.45, 2.75) is 31.8 Å². The standard InChI is InChI=1S/C18H19ClN4O2/c1-11(12-5-3-2-4-6-12)20-17-21-15(19)9-16(22-17)23-14(13-7-8-13)10-25-18(23)24/h2-6,9,11,13-14H,7-8,10H2,1H3,(H,20,21,22)/t11-,14?/m0/s1. The van der Waals surface area contributed by atoms with Crippen molar-refractivity contribution < 1.29 is 9.53 Å². The number of carbonyl (C=O) groups is 1. The second-order valence-corrected chi connectivity index (χ2v) is 6.89. The summed E-state index contributed by atoms with van der Waals surface area (Å²) < 4.78 is 5.23. The van der Waals surface area contributed by atoms with E-state index in [1.165, 1.54) is 0 Å². The van der Waals surface area contributed by atoms with E-state index in [9.17, 15) is 4.79 Å². The van der Waals surface area contributed by atoms with Crippen LogP contribution in [0.15, 0.2) is 36.4 Å². The molecule has 2 fully saturated rings. The Morgan fingerprint density at radius 1 is 1.28 bits per heavy atom. The van der Waals surface area contributed by atoms with Crippen molar-refractivity contribution in [3.8, 4) is 0 Å². The molecule has 1 aromatic carbocycles. The maximum Gasteiger partial charge on any atom is 0.415 e. The summed E-state index contributed by atoms with van der Waals surface area (Å²) in [5, 5.41) is 3.55. The van der Waals surface area contributed by atoms with Gasteiger partial charge in [-0.25, -0.2) is 9.78 Å². The SMILES string of the molecule is C[C@H](Nc1nc(Cl)cc(N2C(=O)OCC2C2CC2)n1)c1ccccc1. The average molecular weight is 359 g/mol. The van der Waals surface area contributed by atoms with Gasteiger partial charge in [-0.15, -0.1) is 0 Å². The Bertz CT molecular complexity index is 782. The first-order chi connectivity index (χ1) is 12.1. The minimum atomic E-state index is -0.367. The number of hydrogen-bond donors (Lipinski definition) is 1. The number of rotatable bonds is 5. The van der Waals surface area contributed by atoms with Crippen molar-refractivity contribution in [1.82, 2.24) is 9.97 Å². The topological polar surface area (TPSA) is 67.4 Å². The summed E-state index contributed by atoms with van der Waals surface area (Å²) in [5.74, 6) is 1.37. The summed E-state index contributed by atoms with van der Waals surface area (Å²) in [6.07, 6.45) is 1.87. The fraction of sp³-hybridized carbons (Fsp3) is 0.389. The molecule has 1 unspecified atom stereocenters. The van der Waals surface area contributed by atoms with Crippen LogP contribution in [0.2, 0.25) is 5.15 Å². The molecule has 4 rings (SSSR count). The number of nitrogens with zero attached hydrogens (tertiary/aromatic N) is 3. The number of cyclic esters (lactones) is 1. The minimum Gasteiger partial charge on any atom is -0.447 e. The van der Waals surface area contributed by atoms with Gasteiger partial charge in [-0.3, -0.25) is 4.90 Å². The van der Waals surface area contributed by atoms with Crippen molar-refractivity contribution in [1.29, 1.82) is 0 Å². The van der Waals surface area contributed by atoms with Crippen LogP contribution in [0, 0.1) is 5.92 Å². The van der Waals surface area contributed by atoms with E-state index in [2.05, 4.69) is 15.3 Å². The zero-order valence-corrected chi connectivity index (χ0v) is 14.6. The number of halogens is 1. The van der Waals surface area contributed by atoms with Gasteiger partial charge in [0.25, 0.3) is 0 Å². The van der Waals surface area contributed by atoms with Gasteiger partial charge in [-0.1, -0.05) is 41.9 Å². The number of anilines is 2. The third-order valence-electron chi connectivity index (χ3n) is 4.65. The summed E-state index contributed by atoms with van der Waals surface area (Å²) in [6.45, 7) is 2.44. The molecule has 1 N–H and O–H groups in total. The summed E-state index contributed by atoms with van der Waals surface area (Å²) in [5.41, 5.74) is 1.11. The van der Waals surface area contributed by atoms with E-state index < -0.39 is 0 Å². The van der Waals surface area contributed by atoms with E-state index in [0.29, 0.717) is 29.4 Å². The minimum absolute atomic E-state index is 0.0114. The fourth-order valence-electron chi connectivity index (χ4n) is 3.14. The predicted octanol–water partition coefficient (Wildman–Crippen LogP) is 4.04. The first kappa shape index (κ1) is 16.1. The maximum absolute atomic E-state index is 12.2. The number of ether oxygens (including phenoxy) is 1. The molecule has 2 aliphatic rings. The molecule has 2 atom stereocenters. The number of nitrogens with one attached hydrogen (secondary N) is 1. The van der Waals surface area contributed by atoms with Crippen LogP contribution in [0.25, 0.3) is 0 Å². The number of benzene rings is 1. The van der Waals surface area contributed by atoms with Gasteiger partial charge in [0.15, 0.2) is 0 Å². The quantitative estimate of drug-likeness (QED) is 0.817. The monoisotopic (exact) mass is 358 g/mol. The van der Waals surface area contributed by atoms with Crippen LogP contribution in [0.1, 0.15) is 31.4 Å². The molecule has 2 heterocycles. The molecular weight excluding hydrogens is 340 g/mol. The number of carbonyl (C=O) groups excluding carboxylic acids is 1. The molecule has 0 radical (unpaired) electrons. The molecule has 1 saturated carbocycles. The van der Waals surface area contributed by atoms with Crippen LogP contribution in [0.3, 0.4) is 0 Å². The van der Waals surface area contributed by atoms with Gasteiger partial charge in [0.05, 0.1) is 12.1 Å². The summed E-state index contributed by atoms with van der Waals surface area (Å²) in [6, 6.07) is 11.7. The first-order valence-electron chi connectivity index (χ1n) is 8.44. The molecule has 0 bridgehead atoms. The highest BCUT2D eigenvalue weighted by Gasteiger charge is 2.44. The van der Waals surface area contributed by atoms with E-state index in [1.54, 1.807) is 11.0 Å². The lowest BCUT2D eigenvalue weighted by Crippen LogP contribution is -2.35. The van der Waals surface area contributed by atoms with E-state index in [-0.39, 0.29) is 18.2 Å². The molecule has 1 aliphatic carbocycles. The molecule has 0 spiro atoms. The molecule has 1 amide bonds. The van der Waals surface area contributed by atoms with Gasteiger partial charge in [-0.05, 0) is 31.2 Å². The van der Waals surface area contributed by atoms with Gasteiger partial charge < -0.3 is 10.1 Å². The fourth-order valence-corrected chi connectivity index (χ4v) is 3.32. The second-order valence-electron chi connectivity index (χ2n) is 6.50. The molecule has 7 heteroatoms. The van der Waals surface area contributed by atoms with Crippen LogP contribution in [0.5, 0.6) is 0 Å². The Morgan fingerprint density at radius 2 is 2.04 bits per heavy atom. The van der Waals surface area contributed by atoms with E-state index >= 15 is 0 Å². The molecule has 2 aromatic rings. The lowest BCUT2D eigenvalue weighted by molar-refractivity contribution is 0.178. The Hall–Kier alpha value is -2.34. The lowest BCUT2D eigenvalue weighted by Gasteiger charge is -2.21. The summed E-state index contributed by atoms with van der Waals surface area (Å²) in [7, 11) is 0. The third-order valence-corrected chi connectivity index (χ3v) is 4.84. The maximum atomic E-state index is 12.2. The molecule has 1 saturated heterocycles.